The third kappa shape index (κ3) is 4.75. The van der Waals surface area contributed by atoms with Gasteiger partial charge < -0.3 is 20.1 Å². The van der Waals surface area contributed by atoms with Crippen LogP contribution in [-0.4, -0.2) is 60.9 Å². The Hall–Kier alpha value is -0.650. The zero-order valence-electron chi connectivity index (χ0n) is 11.8. The zero-order valence-corrected chi connectivity index (χ0v) is 11.8. The second-order valence-corrected chi connectivity index (χ2v) is 5.93. The predicted octanol–water partition coefficient (Wildman–Crippen LogP) is 0.940. The minimum Gasteiger partial charge on any atom is -0.479 e. The number of aliphatic carboxylic acids is 1. The van der Waals surface area contributed by atoms with Crippen molar-refractivity contribution in [1.82, 2.24) is 10.2 Å². The van der Waals surface area contributed by atoms with E-state index in [4.69, 9.17) is 9.84 Å². The van der Waals surface area contributed by atoms with E-state index in [9.17, 15) is 4.79 Å². The molecule has 2 saturated heterocycles. The monoisotopic (exact) mass is 270 g/mol. The molecule has 0 radical (unpaired) electrons. The van der Waals surface area contributed by atoms with Crippen LogP contribution in [0.2, 0.25) is 0 Å². The maximum atomic E-state index is 10.8. The molecule has 0 spiro atoms. The normalized spacial score (nSPS) is 29.7. The molecule has 0 bridgehead atoms. The average Bonchev–Trinajstić information content (AvgIpc) is 3.00. The van der Waals surface area contributed by atoms with Gasteiger partial charge in [-0.3, -0.25) is 0 Å². The van der Waals surface area contributed by atoms with Crippen LogP contribution in [0.4, 0.5) is 0 Å². The van der Waals surface area contributed by atoms with Crippen LogP contribution >= 0.6 is 0 Å². The first-order chi connectivity index (χ1) is 9.15. The molecule has 2 N–H and O–H groups in total. The van der Waals surface area contributed by atoms with Gasteiger partial charge in [0.1, 0.15) is 0 Å². The summed E-state index contributed by atoms with van der Waals surface area (Å²) in [5, 5.41) is 12.3. The molecule has 0 aliphatic carbocycles. The Labute approximate surface area is 115 Å². The average molecular weight is 270 g/mol. The molecule has 5 nitrogen and oxygen atoms in total. The summed E-state index contributed by atoms with van der Waals surface area (Å²) in [4.78, 5) is 13.3. The Morgan fingerprint density at radius 2 is 2.16 bits per heavy atom. The van der Waals surface area contributed by atoms with E-state index in [2.05, 4.69) is 17.1 Å². The quantitative estimate of drug-likeness (QED) is 0.721. The zero-order chi connectivity index (χ0) is 13.7. The summed E-state index contributed by atoms with van der Waals surface area (Å²) in [5.41, 5.74) is 0. The van der Waals surface area contributed by atoms with Crippen molar-refractivity contribution in [2.24, 2.45) is 5.92 Å². The fourth-order valence-corrected chi connectivity index (χ4v) is 3.00. The van der Waals surface area contributed by atoms with Gasteiger partial charge in [-0.1, -0.05) is 6.92 Å². The SMILES string of the molecule is CC(CNCC1CCC(C(=O)O)O1)CN1CCCC1. The second-order valence-electron chi connectivity index (χ2n) is 5.93. The van der Waals surface area contributed by atoms with Crippen molar-refractivity contribution >= 4 is 5.97 Å². The van der Waals surface area contributed by atoms with E-state index >= 15 is 0 Å². The van der Waals surface area contributed by atoms with Crippen molar-refractivity contribution in [3.05, 3.63) is 0 Å². The van der Waals surface area contributed by atoms with Crippen molar-refractivity contribution < 1.29 is 14.6 Å². The standard InChI is InChI=1S/C14H26N2O3/c1-11(10-16-6-2-3-7-16)8-15-9-12-4-5-13(19-12)14(17)18/h11-13,15H,2-10H2,1H3,(H,17,18). The van der Waals surface area contributed by atoms with E-state index in [0.29, 0.717) is 12.3 Å². The molecule has 2 heterocycles. The minimum atomic E-state index is -0.829. The number of nitrogens with one attached hydrogen (secondary N) is 1. The second kappa shape index (κ2) is 7.22. The third-order valence-corrected chi connectivity index (χ3v) is 4.02. The van der Waals surface area contributed by atoms with E-state index in [0.717, 1.165) is 26.1 Å². The molecule has 110 valence electrons. The van der Waals surface area contributed by atoms with Gasteiger partial charge in [-0.2, -0.15) is 0 Å². The van der Waals surface area contributed by atoms with Crippen LogP contribution in [-0.2, 0) is 9.53 Å². The summed E-state index contributed by atoms with van der Waals surface area (Å²) in [6, 6.07) is 0. The topological polar surface area (TPSA) is 61.8 Å². The summed E-state index contributed by atoms with van der Waals surface area (Å²) in [5.74, 6) is -0.195. The molecular weight excluding hydrogens is 244 g/mol. The molecule has 3 unspecified atom stereocenters. The maximum absolute atomic E-state index is 10.8. The van der Waals surface area contributed by atoms with Gasteiger partial charge in [0, 0.05) is 13.1 Å². The molecule has 3 atom stereocenters. The number of rotatable bonds is 7. The van der Waals surface area contributed by atoms with Crippen LogP contribution in [0, 0.1) is 5.92 Å². The van der Waals surface area contributed by atoms with Gasteiger partial charge in [-0.05, 0) is 51.2 Å². The first-order valence-electron chi connectivity index (χ1n) is 7.46. The molecule has 19 heavy (non-hydrogen) atoms. The Morgan fingerprint density at radius 3 is 2.79 bits per heavy atom. The first-order valence-corrected chi connectivity index (χ1v) is 7.46. The molecule has 5 heteroatoms. The Bertz CT molecular complexity index is 292. The van der Waals surface area contributed by atoms with Gasteiger partial charge in [0.25, 0.3) is 0 Å². The van der Waals surface area contributed by atoms with Gasteiger partial charge >= 0.3 is 5.97 Å². The number of carbonyl (C=O) groups is 1. The van der Waals surface area contributed by atoms with E-state index in [1.807, 2.05) is 0 Å². The molecule has 0 aromatic heterocycles. The highest BCUT2D eigenvalue weighted by Crippen LogP contribution is 2.19. The van der Waals surface area contributed by atoms with Crippen molar-refractivity contribution in [3.63, 3.8) is 0 Å². The molecule has 0 aromatic carbocycles. The maximum Gasteiger partial charge on any atom is 0.332 e. The van der Waals surface area contributed by atoms with Crippen molar-refractivity contribution in [2.75, 3.05) is 32.7 Å². The smallest absolute Gasteiger partial charge is 0.332 e. The highest BCUT2D eigenvalue weighted by molar-refractivity contribution is 5.72. The largest absolute Gasteiger partial charge is 0.479 e. The van der Waals surface area contributed by atoms with Crippen LogP contribution in [0.25, 0.3) is 0 Å². The number of ether oxygens (including phenoxy) is 1. The van der Waals surface area contributed by atoms with E-state index in [1.54, 1.807) is 0 Å². The van der Waals surface area contributed by atoms with Crippen LogP contribution in [0.1, 0.15) is 32.6 Å². The lowest BCUT2D eigenvalue weighted by Gasteiger charge is -2.21. The lowest BCUT2D eigenvalue weighted by atomic mass is 10.1. The van der Waals surface area contributed by atoms with E-state index < -0.39 is 12.1 Å². The molecule has 2 rings (SSSR count). The van der Waals surface area contributed by atoms with Crippen LogP contribution in [0.5, 0.6) is 0 Å². The van der Waals surface area contributed by atoms with Crippen molar-refractivity contribution in [3.8, 4) is 0 Å². The molecule has 2 fully saturated rings. The summed E-state index contributed by atoms with van der Waals surface area (Å²) in [7, 11) is 0. The Balaban J connectivity index is 1.55. The summed E-state index contributed by atoms with van der Waals surface area (Å²) < 4.78 is 5.47. The summed E-state index contributed by atoms with van der Waals surface area (Å²) in [6.07, 6.45) is 3.66. The lowest BCUT2D eigenvalue weighted by molar-refractivity contribution is -0.149. The molecule has 0 saturated carbocycles. The molecular formula is C14H26N2O3. The lowest BCUT2D eigenvalue weighted by Crippen LogP contribution is -2.35. The highest BCUT2D eigenvalue weighted by Gasteiger charge is 2.30. The number of hydrogen-bond donors (Lipinski definition) is 2. The van der Waals surface area contributed by atoms with Gasteiger partial charge in [-0.25, -0.2) is 4.79 Å². The van der Waals surface area contributed by atoms with Crippen LogP contribution in [0.3, 0.4) is 0 Å². The van der Waals surface area contributed by atoms with Crippen LogP contribution < -0.4 is 5.32 Å². The Kier molecular flexibility index (Phi) is 5.60. The predicted molar refractivity (Wildman–Crippen MR) is 73.2 cm³/mol. The molecule has 0 aromatic rings. The number of hydrogen-bond acceptors (Lipinski definition) is 4. The van der Waals surface area contributed by atoms with Gasteiger partial charge in [-0.15, -0.1) is 0 Å². The number of carboxylic acid groups (broad SMARTS) is 1. The third-order valence-electron chi connectivity index (χ3n) is 4.02. The van der Waals surface area contributed by atoms with Crippen molar-refractivity contribution in [2.45, 2.75) is 44.8 Å². The van der Waals surface area contributed by atoms with Gasteiger partial charge in [0.2, 0.25) is 0 Å². The minimum absolute atomic E-state index is 0.0695. The van der Waals surface area contributed by atoms with Crippen LogP contribution in [0.15, 0.2) is 0 Å². The Morgan fingerprint density at radius 1 is 1.42 bits per heavy atom. The summed E-state index contributed by atoms with van der Waals surface area (Å²) >= 11 is 0. The fraction of sp³-hybridized carbons (Fsp3) is 0.929. The van der Waals surface area contributed by atoms with Crippen molar-refractivity contribution in [1.29, 1.82) is 0 Å². The van der Waals surface area contributed by atoms with Gasteiger partial charge in [0.05, 0.1) is 6.10 Å². The number of nitrogens with zero attached hydrogens (tertiary/aromatic N) is 1. The first kappa shape index (κ1) is 14.8. The number of likely N-dealkylation sites (tertiary alicyclic amines) is 1. The number of carboxylic acids is 1. The summed E-state index contributed by atoms with van der Waals surface area (Å²) in [6.45, 7) is 7.67. The van der Waals surface area contributed by atoms with Gasteiger partial charge in [0.15, 0.2) is 6.10 Å². The van der Waals surface area contributed by atoms with E-state index in [-0.39, 0.29) is 6.10 Å². The fourth-order valence-electron chi connectivity index (χ4n) is 3.00. The molecule has 0 amide bonds. The highest BCUT2D eigenvalue weighted by atomic mass is 16.5. The molecule has 2 aliphatic rings. The van der Waals surface area contributed by atoms with E-state index in [1.165, 1.54) is 25.9 Å². The molecule has 2 aliphatic heterocycles.